The van der Waals surface area contributed by atoms with E-state index in [0.717, 1.165) is 24.0 Å². The van der Waals surface area contributed by atoms with Gasteiger partial charge in [-0.15, -0.1) is 0 Å². The largest absolute Gasteiger partial charge is 0.295 e. The van der Waals surface area contributed by atoms with Gasteiger partial charge in [0, 0.05) is 5.56 Å². The zero-order valence-electron chi connectivity index (χ0n) is 11.0. The molecule has 0 spiro atoms. The Labute approximate surface area is 113 Å². The van der Waals surface area contributed by atoms with E-state index in [9.17, 15) is 4.79 Å². The highest BCUT2D eigenvalue weighted by molar-refractivity contribution is 5.95. The van der Waals surface area contributed by atoms with Gasteiger partial charge in [0.2, 0.25) is 0 Å². The lowest BCUT2D eigenvalue weighted by molar-refractivity contribution is 0.101. The first-order valence-corrected chi connectivity index (χ1v) is 6.65. The Morgan fingerprint density at radius 3 is 2.74 bits per heavy atom. The molecule has 3 rings (SSSR count). The first-order chi connectivity index (χ1) is 9.25. The molecular weight excluding hydrogens is 232 g/mol. The molecule has 2 aromatic rings. The lowest BCUT2D eigenvalue weighted by atomic mass is 9.86. The molecule has 0 heterocycles. The summed E-state index contributed by atoms with van der Waals surface area (Å²) in [6.07, 6.45) is 4.45. The first kappa shape index (κ1) is 11.9. The fourth-order valence-electron chi connectivity index (χ4n) is 2.66. The van der Waals surface area contributed by atoms with Gasteiger partial charge in [0.05, 0.1) is 0 Å². The third-order valence-corrected chi connectivity index (χ3v) is 3.65. The van der Waals surface area contributed by atoms with Gasteiger partial charge >= 0.3 is 0 Å². The topological polar surface area (TPSA) is 17.1 Å². The van der Waals surface area contributed by atoms with Crippen molar-refractivity contribution < 1.29 is 4.79 Å². The number of hydrogen-bond acceptors (Lipinski definition) is 1. The molecule has 1 aliphatic rings. The Bertz CT molecular complexity index is 665. The van der Waals surface area contributed by atoms with Gasteiger partial charge in [-0.3, -0.25) is 4.79 Å². The van der Waals surface area contributed by atoms with Gasteiger partial charge in [0.25, 0.3) is 0 Å². The minimum Gasteiger partial charge on any atom is -0.295 e. The van der Waals surface area contributed by atoms with Crippen LogP contribution in [-0.2, 0) is 6.42 Å². The van der Waals surface area contributed by atoms with Crippen LogP contribution >= 0.6 is 0 Å². The van der Waals surface area contributed by atoms with Gasteiger partial charge < -0.3 is 0 Å². The summed E-state index contributed by atoms with van der Waals surface area (Å²) < 4.78 is 0. The van der Waals surface area contributed by atoms with Crippen LogP contribution in [-0.4, -0.2) is 5.78 Å². The molecule has 0 N–H and O–H groups in total. The summed E-state index contributed by atoms with van der Waals surface area (Å²) in [4.78, 5) is 11.5. The number of aryl methyl sites for hydroxylation is 1. The molecule has 0 saturated carbocycles. The minimum atomic E-state index is 0.117. The van der Waals surface area contributed by atoms with Crippen molar-refractivity contribution in [2.24, 2.45) is 0 Å². The van der Waals surface area contributed by atoms with Crippen molar-refractivity contribution in [1.29, 1.82) is 0 Å². The van der Waals surface area contributed by atoms with Crippen molar-refractivity contribution in [2.45, 2.75) is 19.8 Å². The molecule has 0 bridgehead atoms. The first-order valence-electron chi connectivity index (χ1n) is 6.65. The maximum Gasteiger partial charge on any atom is 0.159 e. The molecule has 0 fully saturated rings. The zero-order valence-corrected chi connectivity index (χ0v) is 11.0. The molecule has 0 aromatic heterocycles. The van der Waals surface area contributed by atoms with E-state index in [4.69, 9.17) is 0 Å². The summed E-state index contributed by atoms with van der Waals surface area (Å²) in [6.45, 7) is 1.61. The SMILES string of the molecule is CC(=O)c1cccc(C2=CCCc3ccccc32)c1. The van der Waals surface area contributed by atoms with Crippen LogP contribution in [0.1, 0.15) is 40.4 Å². The van der Waals surface area contributed by atoms with Crippen molar-refractivity contribution >= 4 is 11.4 Å². The number of Topliss-reactive ketones (excluding diaryl/α,β-unsaturated/α-hetero) is 1. The maximum absolute atomic E-state index is 11.5. The van der Waals surface area contributed by atoms with Crippen LogP contribution < -0.4 is 0 Å². The smallest absolute Gasteiger partial charge is 0.159 e. The van der Waals surface area contributed by atoms with E-state index in [2.05, 4.69) is 36.4 Å². The molecule has 0 radical (unpaired) electrons. The highest BCUT2D eigenvalue weighted by atomic mass is 16.1. The van der Waals surface area contributed by atoms with Gasteiger partial charge in [-0.1, -0.05) is 48.5 Å². The Kier molecular flexibility index (Phi) is 3.04. The van der Waals surface area contributed by atoms with E-state index in [1.165, 1.54) is 16.7 Å². The number of rotatable bonds is 2. The van der Waals surface area contributed by atoms with E-state index in [-0.39, 0.29) is 5.78 Å². The van der Waals surface area contributed by atoms with Gasteiger partial charge in [-0.2, -0.15) is 0 Å². The lowest BCUT2D eigenvalue weighted by Crippen LogP contribution is -2.01. The number of benzene rings is 2. The van der Waals surface area contributed by atoms with Gasteiger partial charge in [-0.25, -0.2) is 0 Å². The summed E-state index contributed by atoms with van der Waals surface area (Å²) in [5, 5.41) is 0. The average Bonchev–Trinajstić information content (AvgIpc) is 2.47. The second-order valence-corrected chi connectivity index (χ2v) is 4.95. The molecule has 19 heavy (non-hydrogen) atoms. The van der Waals surface area contributed by atoms with E-state index in [1.807, 2.05) is 18.2 Å². The molecule has 94 valence electrons. The maximum atomic E-state index is 11.5. The molecule has 1 heteroatoms. The second kappa shape index (κ2) is 4.85. The average molecular weight is 248 g/mol. The molecule has 1 aliphatic carbocycles. The second-order valence-electron chi connectivity index (χ2n) is 4.95. The summed E-state index contributed by atoms with van der Waals surface area (Å²) in [5.41, 5.74) is 5.87. The number of carbonyl (C=O) groups is 1. The highest BCUT2D eigenvalue weighted by Gasteiger charge is 2.14. The fraction of sp³-hybridized carbons (Fsp3) is 0.167. The predicted molar refractivity (Wildman–Crippen MR) is 78.3 cm³/mol. The van der Waals surface area contributed by atoms with E-state index >= 15 is 0 Å². The van der Waals surface area contributed by atoms with Gasteiger partial charge in [-0.05, 0) is 48.1 Å². The van der Waals surface area contributed by atoms with Crippen LogP contribution in [0.3, 0.4) is 0 Å². The van der Waals surface area contributed by atoms with Crippen LogP contribution in [0.25, 0.3) is 5.57 Å². The molecule has 0 saturated heterocycles. The molecule has 0 amide bonds. The zero-order chi connectivity index (χ0) is 13.2. The Hall–Kier alpha value is -2.15. The monoisotopic (exact) mass is 248 g/mol. The van der Waals surface area contributed by atoms with Crippen LogP contribution in [0.15, 0.2) is 54.6 Å². The summed E-state index contributed by atoms with van der Waals surface area (Å²) >= 11 is 0. The molecule has 0 aliphatic heterocycles. The predicted octanol–water partition coefficient (Wildman–Crippen LogP) is 4.27. The van der Waals surface area contributed by atoms with Gasteiger partial charge in [0.1, 0.15) is 0 Å². The van der Waals surface area contributed by atoms with Crippen molar-refractivity contribution in [3.05, 3.63) is 76.9 Å². The van der Waals surface area contributed by atoms with Crippen molar-refractivity contribution in [1.82, 2.24) is 0 Å². The number of fused-ring (bicyclic) bond motifs is 1. The van der Waals surface area contributed by atoms with Gasteiger partial charge in [0.15, 0.2) is 5.78 Å². The Morgan fingerprint density at radius 2 is 1.89 bits per heavy atom. The summed E-state index contributed by atoms with van der Waals surface area (Å²) in [5.74, 6) is 0.117. The van der Waals surface area contributed by atoms with E-state index < -0.39 is 0 Å². The van der Waals surface area contributed by atoms with Crippen LogP contribution in [0.2, 0.25) is 0 Å². The Balaban J connectivity index is 2.10. The lowest BCUT2D eigenvalue weighted by Gasteiger charge is -2.18. The summed E-state index contributed by atoms with van der Waals surface area (Å²) in [6, 6.07) is 16.4. The van der Waals surface area contributed by atoms with Crippen molar-refractivity contribution in [3.63, 3.8) is 0 Å². The minimum absolute atomic E-state index is 0.117. The van der Waals surface area contributed by atoms with Crippen LogP contribution in [0, 0.1) is 0 Å². The number of carbonyl (C=O) groups excluding carboxylic acids is 1. The van der Waals surface area contributed by atoms with Crippen LogP contribution in [0.4, 0.5) is 0 Å². The third kappa shape index (κ3) is 2.24. The van der Waals surface area contributed by atoms with E-state index in [1.54, 1.807) is 6.92 Å². The fourth-order valence-corrected chi connectivity index (χ4v) is 2.66. The molecule has 0 unspecified atom stereocenters. The standard InChI is InChI=1S/C18H16O/c1-13(19)15-8-4-9-16(12-15)18-11-5-7-14-6-2-3-10-17(14)18/h2-4,6,8-12H,5,7H2,1H3. The number of allylic oxidation sites excluding steroid dienone is 1. The Morgan fingerprint density at radius 1 is 1.05 bits per heavy atom. The summed E-state index contributed by atoms with van der Waals surface area (Å²) in [7, 11) is 0. The molecule has 0 atom stereocenters. The quantitative estimate of drug-likeness (QED) is 0.725. The molecule has 2 aromatic carbocycles. The number of ketones is 1. The third-order valence-electron chi connectivity index (χ3n) is 3.65. The van der Waals surface area contributed by atoms with E-state index in [0.29, 0.717) is 0 Å². The van der Waals surface area contributed by atoms with Crippen molar-refractivity contribution in [2.75, 3.05) is 0 Å². The van der Waals surface area contributed by atoms with Crippen molar-refractivity contribution in [3.8, 4) is 0 Å². The molecule has 1 nitrogen and oxygen atoms in total. The molecular formula is C18H16O. The highest BCUT2D eigenvalue weighted by Crippen LogP contribution is 2.31. The normalized spacial score (nSPS) is 13.6. The number of hydrogen-bond donors (Lipinski definition) is 0. The van der Waals surface area contributed by atoms with Crippen LogP contribution in [0.5, 0.6) is 0 Å².